The maximum absolute atomic E-state index is 12.3. The average molecular weight is 280 g/mol. The number of carbonyl (C=O) groups is 1. The van der Waals surface area contributed by atoms with Crippen LogP contribution in [-0.4, -0.2) is 43.3 Å². The van der Waals surface area contributed by atoms with E-state index in [1.54, 1.807) is 0 Å². The van der Waals surface area contributed by atoms with E-state index in [2.05, 4.69) is 24.4 Å². The molecule has 0 unspecified atom stereocenters. The number of nitrogens with zero attached hydrogens (tertiary/aromatic N) is 1. The maximum Gasteiger partial charge on any atom is 0.317 e. The zero-order valence-electron chi connectivity index (χ0n) is 12.6. The normalized spacial score (nSPS) is 25.6. The van der Waals surface area contributed by atoms with Gasteiger partial charge in [-0.1, -0.05) is 19.1 Å². The number of allylic oxidation sites excluding steroid dienone is 2. The second-order valence-corrected chi connectivity index (χ2v) is 5.92. The summed E-state index contributed by atoms with van der Waals surface area (Å²) in [5, 5.41) is 3.01. The van der Waals surface area contributed by atoms with Gasteiger partial charge in [-0.15, -0.1) is 0 Å². The summed E-state index contributed by atoms with van der Waals surface area (Å²) in [6.07, 6.45) is 11.4. The van der Waals surface area contributed by atoms with E-state index in [0.29, 0.717) is 5.92 Å². The van der Waals surface area contributed by atoms with Crippen LogP contribution < -0.4 is 5.32 Å². The highest BCUT2D eigenvalue weighted by Gasteiger charge is 2.24. The Labute approximate surface area is 122 Å². The van der Waals surface area contributed by atoms with Gasteiger partial charge in [0.25, 0.3) is 0 Å². The number of hydrogen-bond acceptors (Lipinski definition) is 2. The van der Waals surface area contributed by atoms with Crippen molar-refractivity contribution in [3.8, 4) is 0 Å². The predicted molar refractivity (Wildman–Crippen MR) is 80.7 cm³/mol. The molecule has 1 heterocycles. The van der Waals surface area contributed by atoms with E-state index in [1.807, 2.05) is 4.90 Å². The molecule has 0 spiro atoms. The monoisotopic (exact) mass is 280 g/mol. The Morgan fingerprint density at radius 1 is 1.35 bits per heavy atom. The molecule has 2 atom stereocenters. The van der Waals surface area contributed by atoms with E-state index in [0.717, 1.165) is 58.3 Å². The summed E-state index contributed by atoms with van der Waals surface area (Å²) in [4.78, 5) is 14.3. The van der Waals surface area contributed by atoms with E-state index in [4.69, 9.17) is 4.74 Å². The van der Waals surface area contributed by atoms with Crippen molar-refractivity contribution in [2.24, 2.45) is 5.92 Å². The summed E-state index contributed by atoms with van der Waals surface area (Å²) < 4.78 is 5.69. The molecule has 0 saturated carbocycles. The Morgan fingerprint density at radius 2 is 2.25 bits per heavy atom. The molecule has 4 heteroatoms. The van der Waals surface area contributed by atoms with Crippen LogP contribution >= 0.6 is 0 Å². The Balaban J connectivity index is 1.87. The number of amides is 2. The number of hydrogen-bond donors (Lipinski definition) is 1. The average Bonchev–Trinajstić information content (AvgIpc) is 2.98. The van der Waals surface area contributed by atoms with Crippen molar-refractivity contribution < 1.29 is 9.53 Å². The van der Waals surface area contributed by atoms with Gasteiger partial charge in [-0.25, -0.2) is 4.79 Å². The molecule has 0 aromatic rings. The number of urea groups is 1. The summed E-state index contributed by atoms with van der Waals surface area (Å²) in [6.45, 7) is 5.29. The third kappa shape index (κ3) is 4.82. The highest BCUT2D eigenvalue weighted by Crippen LogP contribution is 2.21. The lowest BCUT2D eigenvalue weighted by atomic mass is 9.94. The highest BCUT2D eigenvalue weighted by atomic mass is 16.5. The van der Waals surface area contributed by atoms with Crippen molar-refractivity contribution in [3.05, 3.63) is 12.2 Å². The smallest absolute Gasteiger partial charge is 0.317 e. The van der Waals surface area contributed by atoms with Crippen LogP contribution in [-0.2, 0) is 4.74 Å². The SMILES string of the molecule is CCCNC(=O)N(C[C@@H]1CC=CCC1)C[C@H]1CCCO1. The molecule has 4 nitrogen and oxygen atoms in total. The van der Waals surface area contributed by atoms with Crippen molar-refractivity contribution in [2.75, 3.05) is 26.2 Å². The van der Waals surface area contributed by atoms with Crippen LogP contribution in [0.25, 0.3) is 0 Å². The predicted octanol–water partition coefficient (Wildman–Crippen LogP) is 2.94. The summed E-state index contributed by atoms with van der Waals surface area (Å²) >= 11 is 0. The number of ether oxygens (including phenoxy) is 1. The van der Waals surface area contributed by atoms with Crippen molar-refractivity contribution in [2.45, 2.75) is 51.6 Å². The second-order valence-electron chi connectivity index (χ2n) is 5.92. The van der Waals surface area contributed by atoms with Crippen LogP contribution in [0, 0.1) is 5.92 Å². The van der Waals surface area contributed by atoms with Crippen molar-refractivity contribution in [1.82, 2.24) is 10.2 Å². The molecule has 2 aliphatic rings. The van der Waals surface area contributed by atoms with Crippen molar-refractivity contribution in [1.29, 1.82) is 0 Å². The van der Waals surface area contributed by atoms with Crippen LogP contribution in [0.3, 0.4) is 0 Å². The molecule has 1 N–H and O–H groups in total. The van der Waals surface area contributed by atoms with Gasteiger partial charge in [0, 0.05) is 26.2 Å². The zero-order chi connectivity index (χ0) is 14.2. The molecule has 0 aromatic heterocycles. The van der Waals surface area contributed by atoms with Gasteiger partial charge in [-0.05, 0) is 44.4 Å². The van der Waals surface area contributed by atoms with Crippen molar-refractivity contribution in [3.63, 3.8) is 0 Å². The molecule has 0 radical (unpaired) electrons. The highest BCUT2D eigenvalue weighted by molar-refractivity contribution is 5.74. The van der Waals surface area contributed by atoms with Gasteiger partial charge in [-0.2, -0.15) is 0 Å². The van der Waals surface area contributed by atoms with Gasteiger partial charge in [0.2, 0.25) is 0 Å². The fourth-order valence-corrected chi connectivity index (χ4v) is 2.95. The first kappa shape index (κ1) is 15.4. The molecule has 0 aromatic carbocycles. The van der Waals surface area contributed by atoms with Crippen LogP contribution in [0.5, 0.6) is 0 Å². The molecule has 2 amide bonds. The van der Waals surface area contributed by atoms with E-state index in [-0.39, 0.29) is 12.1 Å². The molecular weight excluding hydrogens is 252 g/mol. The lowest BCUT2D eigenvalue weighted by molar-refractivity contribution is 0.0765. The zero-order valence-corrected chi connectivity index (χ0v) is 12.6. The first-order valence-electron chi connectivity index (χ1n) is 8.09. The van der Waals surface area contributed by atoms with Gasteiger partial charge < -0.3 is 15.0 Å². The van der Waals surface area contributed by atoms with E-state index in [9.17, 15) is 4.79 Å². The van der Waals surface area contributed by atoms with Gasteiger partial charge in [0.05, 0.1) is 6.10 Å². The Morgan fingerprint density at radius 3 is 2.90 bits per heavy atom. The topological polar surface area (TPSA) is 41.6 Å². The standard InChI is InChI=1S/C16H28N2O2/c1-2-10-17-16(19)18(13-15-9-6-11-20-15)12-14-7-4-3-5-8-14/h3-4,14-15H,2,5-13H2,1H3,(H,17,19)/t14-,15-/m1/s1. The van der Waals surface area contributed by atoms with Crippen LogP contribution in [0.2, 0.25) is 0 Å². The molecule has 1 saturated heterocycles. The van der Waals surface area contributed by atoms with Gasteiger partial charge in [-0.3, -0.25) is 0 Å². The molecule has 1 aliphatic carbocycles. The molecule has 1 aliphatic heterocycles. The van der Waals surface area contributed by atoms with E-state index >= 15 is 0 Å². The molecule has 114 valence electrons. The first-order chi connectivity index (χ1) is 9.79. The number of rotatable bonds is 6. The molecular formula is C16H28N2O2. The number of nitrogens with one attached hydrogen (secondary N) is 1. The third-order valence-electron chi connectivity index (χ3n) is 4.12. The van der Waals surface area contributed by atoms with E-state index < -0.39 is 0 Å². The largest absolute Gasteiger partial charge is 0.376 e. The van der Waals surface area contributed by atoms with Crippen LogP contribution in [0.1, 0.15) is 45.4 Å². The summed E-state index contributed by atoms with van der Waals surface area (Å²) in [5.41, 5.74) is 0. The van der Waals surface area contributed by atoms with Gasteiger partial charge in [0.15, 0.2) is 0 Å². The fourth-order valence-electron chi connectivity index (χ4n) is 2.95. The Bertz CT molecular complexity index is 324. The van der Waals surface area contributed by atoms with Crippen molar-refractivity contribution >= 4 is 6.03 Å². The number of carbonyl (C=O) groups excluding carboxylic acids is 1. The minimum atomic E-state index is 0.0805. The maximum atomic E-state index is 12.3. The summed E-state index contributed by atoms with van der Waals surface area (Å²) in [7, 11) is 0. The minimum absolute atomic E-state index is 0.0805. The van der Waals surface area contributed by atoms with Gasteiger partial charge >= 0.3 is 6.03 Å². The minimum Gasteiger partial charge on any atom is -0.376 e. The Hall–Kier alpha value is -1.03. The van der Waals surface area contributed by atoms with E-state index in [1.165, 1.54) is 6.42 Å². The van der Waals surface area contributed by atoms with Crippen LogP contribution in [0.4, 0.5) is 4.79 Å². The molecule has 20 heavy (non-hydrogen) atoms. The van der Waals surface area contributed by atoms with Gasteiger partial charge in [0.1, 0.15) is 0 Å². The molecule has 2 rings (SSSR count). The lowest BCUT2D eigenvalue weighted by Gasteiger charge is -2.30. The fraction of sp³-hybridized carbons (Fsp3) is 0.812. The summed E-state index contributed by atoms with van der Waals surface area (Å²) in [5.74, 6) is 0.605. The first-order valence-corrected chi connectivity index (χ1v) is 8.09. The molecule has 0 bridgehead atoms. The summed E-state index contributed by atoms with van der Waals surface area (Å²) in [6, 6.07) is 0.0805. The van der Waals surface area contributed by atoms with Crippen LogP contribution in [0.15, 0.2) is 12.2 Å². The quantitative estimate of drug-likeness (QED) is 0.760. The third-order valence-corrected chi connectivity index (χ3v) is 4.12. The Kier molecular flexibility index (Phi) is 6.37. The molecule has 1 fully saturated rings. The second kappa shape index (κ2) is 8.30. The lowest BCUT2D eigenvalue weighted by Crippen LogP contribution is -2.46.